The third-order valence-corrected chi connectivity index (χ3v) is 3.73. The van der Waals surface area contributed by atoms with Crippen LogP contribution >= 0.6 is 15.9 Å². The van der Waals surface area contributed by atoms with Crippen molar-refractivity contribution < 1.29 is 9.84 Å². The van der Waals surface area contributed by atoms with E-state index >= 15 is 0 Å². The maximum Gasteiger partial charge on any atom is 0.237 e. The Bertz CT molecular complexity index is 532. The van der Waals surface area contributed by atoms with E-state index in [4.69, 9.17) is 9.84 Å². The van der Waals surface area contributed by atoms with E-state index in [0.717, 1.165) is 21.3 Å². The van der Waals surface area contributed by atoms with Gasteiger partial charge < -0.3 is 9.84 Å². The molecule has 2 rings (SSSR count). The van der Waals surface area contributed by atoms with Gasteiger partial charge in [-0.05, 0) is 37.1 Å². The van der Waals surface area contributed by atoms with Crippen molar-refractivity contribution in [1.29, 1.82) is 0 Å². The van der Waals surface area contributed by atoms with Gasteiger partial charge in [0.15, 0.2) is 0 Å². The Labute approximate surface area is 114 Å². The molecule has 5 heteroatoms. The third-order valence-electron chi connectivity index (χ3n) is 2.48. The lowest BCUT2D eigenvalue weighted by atomic mass is 10.1. The summed E-state index contributed by atoms with van der Waals surface area (Å²) in [6.45, 7) is 3.89. The Balaban J connectivity index is 2.23. The molecule has 0 aliphatic heterocycles. The van der Waals surface area contributed by atoms with Gasteiger partial charge in [0.25, 0.3) is 0 Å². The summed E-state index contributed by atoms with van der Waals surface area (Å²) in [7, 11) is 0. The fourth-order valence-corrected chi connectivity index (χ4v) is 1.79. The minimum Gasteiger partial charge on any atom is -0.437 e. The molecule has 1 aromatic heterocycles. The minimum atomic E-state index is -0.121. The quantitative estimate of drug-likeness (QED) is 0.946. The lowest BCUT2D eigenvalue weighted by Crippen LogP contribution is -1.94. The summed E-state index contributed by atoms with van der Waals surface area (Å²) in [5.41, 5.74) is 2.72. The molecule has 0 bridgehead atoms. The maximum absolute atomic E-state index is 8.87. The average Bonchev–Trinajstić information content (AvgIpc) is 2.37. The Morgan fingerprint density at radius 1 is 1.17 bits per heavy atom. The van der Waals surface area contributed by atoms with Gasteiger partial charge in [0.2, 0.25) is 5.88 Å². The van der Waals surface area contributed by atoms with Crippen molar-refractivity contribution in [1.82, 2.24) is 9.97 Å². The van der Waals surface area contributed by atoms with Crippen molar-refractivity contribution in [2.45, 2.75) is 20.5 Å². The van der Waals surface area contributed by atoms with Crippen molar-refractivity contribution in [3.8, 4) is 11.6 Å². The van der Waals surface area contributed by atoms with Crippen LogP contribution in [0.3, 0.4) is 0 Å². The highest BCUT2D eigenvalue weighted by atomic mass is 79.9. The predicted molar refractivity (Wildman–Crippen MR) is 71.6 cm³/mol. The first kappa shape index (κ1) is 13.0. The van der Waals surface area contributed by atoms with Crippen LogP contribution in [0.4, 0.5) is 0 Å². The summed E-state index contributed by atoms with van der Waals surface area (Å²) in [6, 6.07) is 3.86. The lowest BCUT2D eigenvalue weighted by Gasteiger charge is -2.09. The molecule has 0 aliphatic rings. The molecule has 0 aliphatic carbocycles. The predicted octanol–water partition coefficient (Wildman–Crippen LogP) is 3.14. The lowest BCUT2D eigenvalue weighted by molar-refractivity contribution is 0.276. The number of ether oxygens (including phenoxy) is 1. The van der Waals surface area contributed by atoms with Gasteiger partial charge in [0, 0.05) is 4.47 Å². The zero-order chi connectivity index (χ0) is 13.1. The summed E-state index contributed by atoms with van der Waals surface area (Å²) in [5.74, 6) is 1.13. The number of aryl methyl sites for hydroxylation is 2. The van der Waals surface area contributed by atoms with E-state index in [1.165, 1.54) is 12.4 Å². The number of halogens is 1. The van der Waals surface area contributed by atoms with E-state index in [2.05, 4.69) is 25.9 Å². The summed E-state index contributed by atoms with van der Waals surface area (Å²) < 4.78 is 6.70. The van der Waals surface area contributed by atoms with Gasteiger partial charge in [-0.2, -0.15) is 0 Å². The van der Waals surface area contributed by atoms with E-state index in [-0.39, 0.29) is 6.61 Å². The van der Waals surface area contributed by atoms with Crippen molar-refractivity contribution in [2.24, 2.45) is 0 Å². The first-order valence-corrected chi connectivity index (χ1v) is 6.26. The van der Waals surface area contributed by atoms with Crippen LogP contribution in [-0.4, -0.2) is 15.1 Å². The zero-order valence-electron chi connectivity index (χ0n) is 10.1. The fraction of sp³-hybridized carbons (Fsp3) is 0.231. The van der Waals surface area contributed by atoms with Crippen LogP contribution in [0, 0.1) is 13.8 Å². The second kappa shape index (κ2) is 5.46. The van der Waals surface area contributed by atoms with Crippen molar-refractivity contribution in [3.05, 3.63) is 45.8 Å². The van der Waals surface area contributed by atoms with Crippen molar-refractivity contribution >= 4 is 15.9 Å². The Hall–Kier alpha value is -1.46. The number of hydrogen-bond donors (Lipinski definition) is 1. The summed E-state index contributed by atoms with van der Waals surface area (Å²) in [6.07, 6.45) is 2.99. The van der Waals surface area contributed by atoms with E-state index in [1.54, 1.807) is 0 Å². The van der Waals surface area contributed by atoms with Gasteiger partial charge in [-0.1, -0.05) is 15.9 Å². The molecule has 1 N–H and O–H groups in total. The number of aromatic nitrogens is 2. The Morgan fingerprint density at radius 3 is 2.33 bits per heavy atom. The first-order valence-electron chi connectivity index (χ1n) is 5.46. The van der Waals surface area contributed by atoms with E-state index < -0.39 is 0 Å². The molecular weight excluding hydrogens is 296 g/mol. The number of nitrogens with zero attached hydrogens (tertiary/aromatic N) is 2. The standard InChI is InChI=1S/C13H13BrN2O2/c1-8-3-11(4-9(2)13(8)14)18-12-6-15-10(7-17)5-16-12/h3-6,17H,7H2,1-2H3. The molecule has 0 atom stereocenters. The van der Waals surface area contributed by atoms with Gasteiger partial charge in [-0.25, -0.2) is 4.98 Å². The molecule has 4 nitrogen and oxygen atoms in total. The molecular formula is C13H13BrN2O2. The van der Waals surface area contributed by atoms with Crippen LogP contribution in [0.1, 0.15) is 16.8 Å². The molecule has 0 spiro atoms. The molecule has 0 radical (unpaired) electrons. The highest BCUT2D eigenvalue weighted by molar-refractivity contribution is 9.10. The summed E-state index contributed by atoms with van der Waals surface area (Å²) >= 11 is 3.51. The second-order valence-corrected chi connectivity index (χ2v) is 4.77. The number of hydrogen-bond acceptors (Lipinski definition) is 4. The van der Waals surface area contributed by atoms with Gasteiger partial charge in [0.1, 0.15) is 5.75 Å². The largest absolute Gasteiger partial charge is 0.437 e. The first-order chi connectivity index (χ1) is 8.60. The van der Waals surface area contributed by atoms with Gasteiger partial charge in [-0.3, -0.25) is 4.98 Å². The molecule has 0 amide bonds. The van der Waals surface area contributed by atoms with E-state index in [1.807, 2.05) is 26.0 Å². The topological polar surface area (TPSA) is 55.2 Å². The van der Waals surface area contributed by atoms with Crippen LogP contribution in [-0.2, 0) is 6.61 Å². The zero-order valence-corrected chi connectivity index (χ0v) is 11.7. The minimum absolute atomic E-state index is 0.121. The molecule has 0 unspecified atom stereocenters. The number of benzene rings is 1. The second-order valence-electron chi connectivity index (χ2n) is 3.98. The van der Waals surface area contributed by atoms with Gasteiger partial charge in [-0.15, -0.1) is 0 Å². The van der Waals surface area contributed by atoms with Gasteiger partial charge >= 0.3 is 0 Å². The molecule has 18 heavy (non-hydrogen) atoms. The maximum atomic E-state index is 8.87. The van der Waals surface area contributed by atoms with Crippen molar-refractivity contribution in [3.63, 3.8) is 0 Å². The number of aliphatic hydroxyl groups is 1. The summed E-state index contributed by atoms with van der Waals surface area (Å²) in [4.78, 5) is 8.08. The van der Waals surface area contributed by atoms with E-state index in [9.17, 15) is 0 Å². The molecule has 0 fully saturated rings. The van der Waals surface area contributed by atoms with Crippen LogP contribution in [0.25, 0.3) is 0 Å². The smallest absolute Gasteiger partial charge is 0.237 e. The van der Waals surface area contributed by atoms with Crippen molar-refractivity contribution in [2.75, 3.05) is 0 Å². The molecule has 2 aromatic rings. The fourth-order valence-electron chi connectivity index (χ4n) is 1.56. The van der Waals surface area contributed by atoms with Crippen LogP contribution < -0.4 is 4.74 Å². The van der Waals surface area contributed by atoms with Crippen LogP contribution in [0.2, 0.25) is 0 Å². The highest BCUT2D eigenvalue weighted by Gasteiger charge is 2.05. The highest BCUT2D eigenvalue weighted by Crippen LogP contribution is 2.28. The van der Waals surface area contributed by atoms with Gasteiger partial charge in [0.05, 0.1) is 24.7 Å². The van der Waals surface area contributed by atoms with Crippen LogP contribution in [0.5, 0.6) is 11.6 Å². The normalized spacial score (nSPS) is 10.4. The Morgan fingerprint density at radius 2 is 1.83 bits per heavy atom. The SMILES string of the molecule is Cc1cc(Oc2cnc(CO)cn2)cc(C)c1Br. The number of rotatable bonds is 3. The third kappa shape index (κ3) is 2.86. The molecule has 0 saturated carbocycles. The van der Waals surface area contributed by atoms with E-state index in [0.29, 0.717) is 11.6 Å². The molecule has 94 valence electrons. The molecule has 1 heterocycles. The Kier molecular flexibility index (Phi) is 3.93. The molecule has 0 saturated heterocycles. The number of aliphatic hydroxyl groups excluding tert-OH is 1. The average molecular weight is 309 g/mol. The summed E-state index contributed by atoms with van der Waals surface area (Å²) in [5, 5.41) is 8.87. The van der Waals surface area contributed by atoms with Crippen LogP contribution in [0.15, 0.2) is 29.0 Å². The monoisotopic (exact) mass is 308 g/mol. The molecule has 1 aromatic carbocycles.